The number of carboxylic acid groups (broad SMARTS) is 1. The summed E-state index contributed by atoms with van der Waals surface area (Å²) in [5, 5.41) is 16.6. The number of nitrogens with zero attached hydrogens (tertiary/aromatic N) is 3. The summed E-state index contributed by atoms with van der Waals surface area (Å²) in [6.07, 6.45) is -22.0. The van der Waals surface area contributed by atoms with Crippen LogP contribution in [0.3, 0.4) is 0 Å². The van der Waals surface area contributed by atoms with Crippen LogP contribution in [0.25, 0.3) is 5.65 Å². The third-order valence-electron chi connectivity index (χ3n) is 6.30. The Balaban J connectivity index is 1.76. The maximum Gasteiger partial charge on any atom is 0.435 e. The fraction of sp³-hybridized carbons (Fsp3) is 0.333. The summed E-state index contributed by atoms with van der Waals surface area (Å²) in [6, 6.07) is 1.06. The molecule has 3 heterocycles. The SMILES string of the molecule is O=C(CNc1cn2c(C3=NOC(c4cc(C(F)(F)F)cc(C(F)(F)F)c4)(C(F)(F)F)C3)ccc(C(=O)O)c2n1)NCC(F)(F)F. The number of nitrogens with one attached hydrogen (secondary N) is 2. The van der Waals surface area contributed by atoms with Gasteiger partial charge in [-0.2, -0.15) is 52.7 Å². The van der Waals surface area contributed by atoms with E-state index in [0.717, 1.165) is 22.7 Å². The van der Waals surface area contributed by atoms with Crippen LogP contribution in [0.4, 0.5) is 58.5 Å². The zero-order valence-electron chi connectivity index (χ0n) is 21.6. The summed E-state index contributed by atoms with van der Waals surface area (Å²) in [5.41, 5.74) is -11.7. The molecule has 21 heteroatoms. The summed E-state index contributed by atoms with van der Waals surface area (Å²) in [6.45, 7) is -2.50. The van der Waals surface area contributed by atoms with Crippen molar-refractivity contribution in [3.05, 3.63) is 64.5 Å². The molecule has 4 rings (SSSR count). The predicted molar refractivity (Wildman–Crippen MR) is 126 cm³/mol. The van der Waals surface area contributed by atoms with Crippen molar-refractivity contribution >= 4 is 29.1 Å². The molecule has 244 valence electrons. The monoisotopic (exact) mass is 665 g/mol. The molecule has 0 bridgehead atoms. The first-order valence-electron chi connectivity index (χ1n) is 12.0. The van der Waals surface area contributed by atoms with E-state index >= 15 is 0 Å². The maximum atomic E-state index is 14.5. The molecular weight excluding hydrogens is 650 g/mol. The van der Waals surface area contributed by atoms with Gasteiger partial charge in [0.15, 0.2) is 5.65 Å². The molecule has 1 aliphatic heterocycles. The number of aromatic carboxylic acids is 1. The first-order valence-corrected chi connectivity index (χ1v) is 12.0. The lowest BCUT2D eigenvalue weighted by Gasteiger charge is -2.30. The van der Waals surface area contributed by atoms with Gasteiger partial charge < -0.3 is 20.6 Å². The number of carboxylic acids is 1. The molecule has 1 aromatic carbocycles. The highest BCUT2D eigenvalue weighted by Crippen LogP contribution is 2.51. The summed E-state index contributed by atoms with van der Waals surface area (Å²) in [5.74, 6) is -3.14. The summed E-state index contributed by atoms with van der Waals surface area (Å²) in [7, 11) is 0. The van der Waals surface area contributed by atoms with Crippen molar-refractivity contribution in [1.82, 2.24) is 14.7 Å². The van der Waals surface area contributed by atoms with Crippen LogP contribution >= 0.6 is 0 Å². The van der Waals surface area contributed by atoms with Crippen molar-refractivity contribution in [2.45, 2.75) is 36.7 Å². The number of carbonyl (C=O) groups is 2. The van der Waals surface area contributed by atoms with Crippen molar-refractivity contribution in [1.29, 1.82) is 0 Å². The highest BCUT2D eigenvalue weighted by atomic mass is 19.4. The van der Waals surface area contributed by atoms with Crippen molar-refractivity contribution in [2.24, 2.45) is 5.16 Å². The Hall–Kier alpha value is -4.72. The number of rotatable bonds is 7. The number of carbonyl (C=O) groups excluding carboxylic acids is 1. The highest BCUT2D eigenvalue weighted by molar-refractivity contribution is 6.03. The first kappa shape index (κ1) is 33.2. The second kappa shape index (κ2) is 11.0. The fourth-order valence-electron chi connectivity index (χ4n) is 4.22. The van der Waals surface area contributed by atoms with Crippen LogP contribution in [-0.2, 0) is 27.6 Å². The average Bonchev–Trinajstić information content (AvgIpc) is 3.54. The Morgan fingerprint density at radius 2 is 1.53 bits per heavy atom. The second-order valence-electron chi connectivity index (χ2n) is 9.43. The molecule has 0 fully saturated rings. The number of pyridine rings is 1. The molecule has 3 aromatic rings. The van der Waals surface area contributed by atoms with Gasteiger partial charge in [0.05, 0.1) is 36.0 Å². The minimum absolute atomic E-state index is 0.159. The molecule has 9 nitrogen and oxygen atoms in total. The van der Waals surface area contributed by atoms with Gasteiger partial charge in [0.25, 0.3) is 5.60 Å². The Morgan fingerprint density at radius 3 is 2.04 bits per heavy atom. The number of alkyl halides is 12. The molecule has 2 aromatic heterocycles. The van der Waals surface area contributed by atoms with Crippen LogP contribution in [0, 0.1) is 0 Å². The summed E-state index contributed by atoms with van der Waals surface area (Å²) >= 11 is 0. The lowest BCUT2D eigenvalue weighted by atomic mass is 9.85. The number of oxime groups is 1. The predicted octanol–water partition coefficient (Wildman–Crippen LogP) is 5.74. The van der Waals surface area contributed by atoms with Gasteiger partial charge in [0.1, 0.15) is 23.6 Å². The zero-order chi connectivity index (χ0) is 33.8. The van der Waals surface area contributed by atoms with E-state index in [0.29, 0.717) is 0 Å². The highest BCUT2D eigenvalue weighted by Gasteiger charge is 2.63. The topological polar surface area (TPSA) is 117 Å². The second-order valence-corrected chi connectivity index (χ2v) is 9.43. The minimum Gasteiger partial charge on any atom is -0.478 e. The van der Waals surface area contributed by atoms with E-state index in [1.165, 1.54) is 5.32 Å². The third-order valence-corrected chi connectivity index (χ3v) is 6.30. The van der Waals surface area contributed by atoms with Crippen LogP contribution in [-0.4, -0.2) is 57.5 Å². The van der Waals surface area contributed by atoms with Gasteiger partial charge in [-0.1, -0.05) is 5.16 Å². The zero-order valence-corrected chi connectivity index (χ0v) is 21.6. The lowest BCUT2D eigenvalue weighted by Crippen LogP contribution is -2.43. The fourth-order valence-corrected chi connectivity index (χ4v) is 4.22. The van der Waals surface area contributed by atoms with E-state index in [1.807, 2.05) is 0 Å². The molecule has 1 unspecified atom stereocenters. The number of hydrogen-bond acceptors (Lipinski definition) is 6. The van der Waals surface area contributed by atoms with Crippen molar-refractivity contribution in [3.63, 3.8) is 0 Å². The lowest BCUT2D eigenvalue weighted by molar-refractivity contribution is -0.276. The van der Waals surface area contributed by atoms with Gasteiger partial charge in [-0.15, -0.1) is 0 Å². The molecular formula is C24H15F12N5O4. The molecule has 1 amide bonds. The molecule has 1 aliphatic rings. The molecule has 0 spiro atoms. The molecule has 0 aliphatic carbocycles. The van der Waals surface area contributed by atoms with Crippen LogP contribution in [0.1, 0.15) is 39.2 Å². The summed E-state index contributed by atoms with van der Waals surface area (Å²) < 4.78 is 162. The van der Waals surface area contributed by atoms with E-state index in [-0.39, 0.29) is 24.0 Å². The molecule has 0 radical (unpaired) electrons. The Kier molecular flexibility index (Phi) is 8.12. The van der Waals surface area contributed by atoms with E-state index in [9.17, 15) is 67.4 Å². The standard InChI is InChI=1S/C24H15F12N5O4/c25-21(26,27)9-38-17(42)7-37-16-8-41-15(2-1-13(19(43)44)18(41)39-16)14-6-20(45-40-14,24(34,35)36)10-3-11(22(28,29)30)5-12(4-10)23(31,32)33/h1-5,8,37H,6-7,9H2,(H,38,42)(H,43,44). The number of amides is 1. The molecule has 3 N–H and O–H groups in total. The molecule has 0 saturated carbocycles. The third kappa shape index (κ3) is 6.85. The number of imidazole rings is 1. The van der Waals surface area contributed by atoms with Gasteiger partial charge in [-0.25, -0.2) is 9.78 Å². The number of halogens is 12. The van der Waals surface area contributed by atoms with E-state index < -0.39 is 101 Å². The van der Waals surface area contributed by atoms with Crippen LogP contribution in [0.15, 0.2) is 41.7 Å². The Bertz CT molecular complexity index is 1640. The largest absolute Gasteiger partial charge is 0.478 e. The van der Waals surface area contributed by atoms with Gasteiger partial charge in [-0.3, -0.25) is 9.20 Å². The number of fused-ring (bicyclic) bond motifs is 1. The number of hydrogen-bond donors (Lipinski definition) is 3. The van der Waals surface area contributed by atoms with Gasteiger partial charge in [0, 0.05) is 5.56 Å². The van der Waals surface area contributed by atoms with Gasteiger partial charge >= 0.3 is 30.7 Å². The number of anilines is 1. The van der Waals surface area contributed by atoms with Crippen LogP contribution in [0.2, 0.25) is 0 Å². The Morgan fingerprint density at radius 1 is 0.933 bits per heavy atom. The molecule has 0 saturated heterocycles. The van der Waals surface area contributed by atoms with E-state index in [1.54, 1.807) is 0 Å². The van der Waals surface area contributed by atoms with Crippen molar-refractivity contribution in [2.75, 3.05) is 18.4 Å². The van der Waals surface area contributed by atoms with E-state index in [4.69, 9.17) is 0 Å². The normalized spacial score (nSPS) is 17.6. The molecule has 45 heavy (non-hydrogen) atoms. The Labute approximate surface area is 241 Å². The van der Waals surface area contributed by atoms with Crippen molar-refractivity contribution < 1.29 is 72.2 Å². The molecule has 1 atom stereocenters. The minimum atomic E-state index is -5.66. The van der Waals surface area contributed by atoms with Crippen LogP contribution in [0.5, 0.6) is 0 Å². The summed E-state index contributed by atoms with van der Waals surface area (Å²) in [4.78, 5) is 31.9. The number of benzene rings is 1. The smallest absolute Gasteiger partial charge is 0.435 e. The number of aromatic nitrogens is 2. The van der Waals surface area contributed by atoms with E-state index in [2.05, 4.69) is 20.3 Å². The van der Waals surface area contributed by atoms with Gasteiger partial charge in [0.2, 0.25) is 5.91 Å². The first-order chi connectivity index (χ1) is 20.5. The van der Waals surface area contributed by atoms with Gasteiger partial charge in [-0.05, 0) is 30.3 Å². The quantitative estimate of drug-likeness (QED) is 0.277. The van der Waals surface area contributed by atoms with Crippen LogP contribution < -0.4 is 10.6 Å². The average molecular weight is 665 g/mol. The maximum absolute atomic E-state index is 14.5. The van der Waals surface area contributed by atoms with Crippen molar-refractivity contribution in [3.8, 4) is 0 Å².